The fourth-order valence-corrected chi connectivity index (χ4v) is 4.01. The Morgan fingerprint density at radius 3 is 2.05 bits per heavy atom. The molecule has 3 atom stereocenters. The van der Waals surface area contributed by atoms with Crippen LogP contribution in [0.2, 0.25) is 0 Å². The van der Waals surface area contributed by atoms with E-state index in [1.165, 1.54) is 0 Å². The van der Waals surface area contributed by atoms with E-state index in [1.807, 2.05) is 0 Å². The Balaban J connectivity index is 2.85. The molecule has 15 heteroatoms. The molecule has 0 saturated carbocycles. The number of amides is 1. The average Bonchev–Trinajstić information content (AvgIpc) is 2.71. The van der Waals surface area contributed by atoms with Crippen LogP contribution in [0.3, 0.4) is 0 Å². The van der Waals surface area contributed by atoms with E-state index in [-0.39, 0.29) is 17.9 Å². The number of halogens is 3. The SMILES string of the molecule is CC(C)(C)OC(=O)NC(CCS(=O)CCC(O)(c1ccc(OC(=O)OC(C)(C)C)cn1)C(F)(F)F)C(=O)O. The number of rotatable bonds is 10. The summed E-state index contributed by atoms with van der Waals surface area (Å²) in [4.78, 5) is 38.5. The molecule has 0 fully saturated rings. The third-order valence-electron chi connectivity index (χ3n) is 4.53. The first kappa shape index (κ1) is 33.1. The number of alkyl halides is 3. The number of ether oxygens (including phenoxy) is 3. The number of hydrogen-bond donors (Lipinski definition) is 3. The van der Waals surface area contributed by atoms with E-state index in [9.17, 15) is 42.0 Å². The van der Waals surface area contributed by atoms with Crippen molar-refractivity contribution in [3.63, 3.8) is 0 Å². The topological polar surface area (TPSA) is 161 Å². The highest BCUT2D eigenvalue weighted by Crippen LogP contribution is 2.41. The van der Waals surface area contributed by atoms with E-state index in [0.717, 1.165) is 18.3 Å². The Kier molecular flexibility index (Phi) is 11.1. The van der Waals surface area contributed by atoms with Crippen LogP contribution >= 0.6 is 0 Å². The number of nitrogens with zero attached hydrogens (tertiary/aromatic N) is 1. The minimum Gasteiger partial charge on any atom is -0.480 e. The average molecular weight is 571 g/mol. The van der Waals surface area contributed by atoms with Gasteiger partial charge in [-0.15, -0.1) is 0 Å². The molecule has 3 N–H and O–H groups in total. The smallest absolute Gasteiger partial charge is 0.480 e. The molecule has 1 aromatic heterocycles. The van der Waals surface area contributed by atoms with Crippen molar-refractivity contribution in [1.82, 2.24) is 10.3 Å². The summed E-state index contributed by atoms with van der Waals surface area (Å²) in [7, 11) is -2.00. The maximum absolute atomic E-state index is 13.8. The number of alkyl carbamates (subject to hydrolysis) is 1. The molecule has 11 nitrogen and oxygen atoms in total. The molecule has 0 saturated heterocycles. The molecule has 1 aromatic rings. The van der Waals surface area contributed by atoms with E-state index < -0.39 is 75.9 Å². The highest BCUT2D eigenvalue weighted by Gasteiger charge is 2.55. The maximum Gasteiger partial charge on any atom is 0.514 e. The lowest BCUT2D eigenvalue weighted by atomic mass is 9.95. The molecule has 0 aromatic carbocycles. The van der Waals surface area contributed by atoms with Gasteiger partial charge in [0.2, 0.25) is 5.60 Å². The van der Waals surface area contributed by atoms with Gasteiger partial charge in [0, 0.05) is 28.7 Å². The van der Waals surface area contributed by atoms with Crippen molar-refractivity contribution >= 4 is 29.0 Å². The molecule has 0 aliphatic carbocycles. The molecule has 216 valence electrons. The predicted molar refractivity (Wildman–Crippen MR) is 129 cm³/mol. The monoisotopic (exact) mass is 570 g/mol. The van der Waals surface area contributed by atoms with E-state index >= 15 is 0 Å². The van der Waals surface area contributed by atoms with Gasteiger partial charge < -0.3 is 29.7 Å². The zero-order chi connectivity index (χ0) is 29.5. The van der Waals surface area contributed by atoms with E-state index in [2.05, 4.69) is 10.3 Å². The third-order valence-corrected chi connectivity index (χ3v) is 5.89. The Bertz CT molecular complexity index is 1010. The Hall–Kier alpha value is -2.94. The van der Waals surface area contributed by atoms with Gasteiger partial charge in [-0.3, -0.25) is 9.19 Å². The fraction of sp³-hybridized carbons (Fsp3) is 0.652. The summed E-state index contributed by atoms with van der Waals surface area (Å²) >= 11 is 0. The highest BCUT2D eigenvalue weighted by molar-refractivity contribution is 7.84. The number of carbonyl (C=O) groups is 3. The molecule has 1 amide bonds. The quantitative estimate of drug-likeness (QED) is 0.354. The largest absolute Gasteiger partial charge is 0.514 e. The highest BCUT2D eigenvalue weighted by atomic mass is 32.2. The van der Waals surface area contributed by atoms with Crippen LogP contribution in [0.1, 0.15) is 60.1 Å². The third kappa shape index (κ3) is 11.2. The fourth-order valence-electron chi connectivity index (χ4n) is 2.79. The normalized spacial score (nSPS) is 15.5. The van der Waals surface area contributed by atoms with Gasteiger partial charge in [-0.25, -0.2) is 14.4 Å². The summed E-state index contributed by atoms with van der Waals surface area (Å²) in [6.45, 7) is 9.45. The second-order valence-corrected chi connectivity index (χ2v) is 11.9. The van der Waals surface area contributed by atoms with Gasteiger partial charge in [-0.05, 0) is 60.1 Å². The number of hydrogen-bond acceptors (Lipinski definition) is 9. The minimum atomic E-state index is -5.21. The van der Waals surface area contributed by atoms with Crippen molar-refractivity contribution in [3.8, 4) is 5.75 Å². The number of aliphatic hydroxyl groups is 1. The van der Waals surface area contributed by atoms with Crippen molar-refractivity contribution in [2.45, 2.75) is 83.4 Å². The van der Waals surface area contributed by atoms with E-state index in [4.69, 9.17) is 14.2 Å². The van der Waals surface area contributed by atoms with Crippen LogP contribution < -0.4 is 10.1 Å². The lowest BCUT2D eigenvalue weighted by Gasteiger charge is -2.30. The van der Waals surface area contributed by atoms with Gasteiger partial charge in [0.15, 0.2) is 5.75 Å². The summed E-state index contributed by atoms with van der Waals surface area (Å²) in [5.41, 5.74) is -6.08. The van der Waals surface area contributed by atoms with Crippen LogP contribution in [-0.4, -0.2) is 72.5 Å². The van der Waals surface area contributed by atoms with Gasteiger partial charge >= 0.3 is 24.4 Å². The zero-order valence-electron chi connectivity index (χ0n) is 21.9. The molecule has 0 bridgehead atoms. The first-order valence-electron chi connectivity index (χ1n) is 11.4. The second kappa shape index (κ2) is 12.7. The van der Waals surface area contributed by atoms with Crippen molar-refractivity contribution in [2.24, 2.45) is 0 Å². The summed E-state index contributed by atoms with van der Waals surface area (Å²) in [5, 5.41) is 21.8. The summed E-state index contributed by atoms with van der Waals surface area (Å²) in [6, 6.07) is 0.301. The Morgan fingerprint density at radius 1 is 1.03 bits per heavy atom. The first-order chi connectivity index (χ1) is 17.1. The molecule has 1 heterocycles. The molecule has 0 spiro atoms. The van der Waals surface area contributed by atoms with Crippen molar-refractivity contribution < 1.29 is 56.2 Å². The number of carbonyl (C=O) groups excluding carboxylic acids is 2. The molecular weight excluding hydrogens is 537 g/mol. The molecule has 0 radical (unpaired) electrons. The van der Waals surface area contributed by atoms with Gasteiger partial charge in [0.1, 0.15) is 17.2 Å². The molecular formula is C23H33F3N2O9S. The summed E-state index contributed by atoms with van der Waals surface area (Å²) in [5.74, 6) is -2.71. The van der Waals surface area contributed by atoms with Gasteiger partial charge in [0.05, 0.1) is 11.9 Å². The lowest BCUT2D eigenvalue weighted by Crippen LogP contribution is -2.45. The molecule has 38 heavy (non-hydrogen) atoms. The summed E-state index contributed by atoms with van der Waals surface area (Å²) < 4.78 is 68.5. The minimum absolute atomic E-state index is 0.228. The Labute approximate surface area is 220 Å². The standard InChI is InChI=1S/C23H33F3N2O9S/c1-20(2,3)36-18(31)28-15(17(29)30)9-11-38(34)12-10-22(33,23(24,25)26)16-8-7-14(13-27-16)35-19(32)37-21(4,5)6/h7-8,13,15,33H,9-12H2,1-6H3,(H,28,31)(H,29,30). The number of aliphatic carboxylic acids is 1. The Morgan fingerprint density at radius 2 is 1.61 bits per heavy atom. The van der Waals surface area contributed by atoms with Crippen molar-refractivity contribution in [3.05, 3.63) is 24.0 Å². The number of carboxylic acids is 1. The number of carboxylic acid groups (broad SMARTS) is 1. The van der Waals surface area contributed by atoms with E-state index in [0.29, 0.717) is 0 Å². The maximum atomic E-state index is 13.8. The predicted octanol–water partition coefficient (Wildman–Crippen LogP) is 3.65. The second-order valence-electron chi connectivity index (χ2n) is 10.2. The first-order valence-corrected chi connectivity index (χ1v) is 12.9. The number of pyridine rings is 1. The van der Waals surface area contributed by atoms with Crippen LogP contribution in [0.4, 0.5) is 22.8 Å². The number of nitrogens with one attached hydrogen (secondary N) is 1. The zero-order valence-corrected chi connectivity index (χ0v) is 22.7. The van der Waals surface area contributed by atoms with Crippen molar-refractivity contribution in [1.29, 1.82) is 0 Å². The van der Waals surface area contributed by atoms with Gasteiger partial charge in [-0.1, -0.05) is 0 Å². The van der Waals surface area contributed by atoms with Gasteiger partial charge in [0.25, 0.3) is 0 Å². The van der Waals surface area contributed by atoms with Crippen molar-refractivity contribution in [2.75, 3.05) is 11.5 Å². The molecule has 0 aliphatic heterocycles. The lowest BCUT2D eigenvalue weighted by molar-refractivity contribution is -0.268. The van der Waals surface area contributed by atoms with E-state index in [1.54, 1.807) is 41.5 Å². The summed E-state index contributed by atoms with van der Waals surface area (Å²) in [6.07, 6.45) is -7.95. The molecule has 3 unspecified atom stereocenters. The van der Waals surface area contributed by atoms with Crippen LogP contribution in [0, 0.1) is 0 Å². The van der Waals surface area contributed by atoms with Gasteiger partial charge in [-0.2, -0.15) is 13.2 Å². The van der Waals surface area contributed by atoms with Crippen LogP contribution in [0.15, 0.2) is 18.3 Å². The van der Waals surface area contributed by atoms with Crippen LogP contribution in [-0.2, 0) is 30.7 Å². The molecule has 1 rings (SSSR count). The molecule has 0 aliphatic rings. The number of aromatic nitrogens is 1. The van der Waals surface area contributed by atoms with Crippen LogP contribution in [0.5, 0.6) is 5.75 Å². The van der Waals surface area contributed by atoms with Crippen LogP contribution in [0.25, 0.3) is 0 Å².